The number of nitrogens with zero attached hydrogens (tertiary/aromatic N) is 1. The van der Waals surface area contributed by atoms with E-state index in [9.17, 15) is 0 Å². The average Bonchev–Trinajstić information content (AvgIpc) is 2.70. The van der Waals surface area contributed by atoms with Crippen molar-refractivity contribution >= 4 is 11.1 Å². The Morgan fingerprint density at radius 1 is 1.31 bits per heavy atom. The maximum Gasteiger partial charge on any atom is 0.197 e. The summed E-state index contributed by atoms with van der Waals surface area (Å²) in [6.45, 7) is 5.28. The summed E-state index contributed by atoms with van der Waals surface area (Å²) >= 11 is 0. The van der Waals surface area contributed by atoms with Crippen molar-refractivity contribution in [3.05, 3.63) is 30.2 Å². The highest BCUT2D eigenvalue weighted by Gasteiger charge is 2.11. The van der Waals surface area contributed by atoms with Gasteiger partial charge in [-0.25, -0.2) is 4.98 Å². The number of rotatable bonds is 5. The van der Waals surface area contributed by atoms with Crippen molar-refractivity contribution < 1.29 is 4.42 Å². The molecular formula is C13H18N2O. The molecule has 0 fully saturated rings. The number of benzene rings is 1. The molecule has 1 N–H and O–H groups in total. The van der Waals surface area contributed by atoms with Crippen molar-refractivity contribution in [1.29, 1.82) is 0 Å². The summed E-state index contributed by atoms with van der Waals surface area (Å²) in [5.41, 5.74) is 1.83. The van der Waals surface area contributed by atoms with Crippen molar-refractivity contribution in [3.63, 3.8) is 0 Å². The first-order valence-corrected chi connectivity index (χ1v) is 5.91. The maximum absolute atomic E-state index is 5.70. The van der Waals surface area contributed by atoms with E-state index in [2.05, 4.69) is 24.1 Å². The highest BCUT2D eigenvalue weighted by atomic mass is 16.3. The predicted molar refractivity (Wildman–Crippen MR) is 65.5 cm³/mol. The topological polar surface area (TPSA) is 38.1 Å². The first kappa shape index (κ1) is 11.1. The van der Waals surface area contributed by atoms with Crippen molar-refractivity contribution in [1.82, 2.24) is 10.3 Å². The second-order valence-corrected chi connectivity index (χ2v) is 3.94. The van der Waals surface area contributed by atoms with Gasteiger partial charge in [0.05, 0.1) is 0 Å². The van der Waals surface area contributed by atoms with Crippen LogP contribution in [0.5, 0.6) is 0 Å². The summed E-state index contributed by atoms with van der Waals surface area (Å²) in [6.07, 6.45) is 1.95. The number of likely N-dealkylation sites (N-methyl/N-ethyl adjacent to an activating group) is 1. The fraction of sp³-hybridized carbons (Fsp3) is 0.462. The molecule has 3 nitrogen and oxygen atoms in total. The van der Waals surface area contributed by atoms with Gasteiger partial charge in [-0.2, -0.15) is 0 Å². The molecule has 0 amide bonds. The van der Waals surface area contributed by atoms with Crippen LogP contribution in [0.4, 0.5) is 0 Å². The van der Waals surface area contributed by atoms with Gasteiger partial charge in [0, 0.05) is 12.5 Å². The minimum atomic E-state index is 0.457. The van der Waals surface area contributed by atoms with Gasteiger partial charge in [-0.3, -0.25) is 0 Å². The number of hydrogen-bond donors (Lipinski definition) is 1. The number of para-hydroxylation sites is 2. The summed E-state index contributed by atoms with van der Waals surface area (Å²) in [4.78, 5) is 4.48. The fourth-order valence-electron chi connectivity index (χ4n) is 1.87. The lowest BCUT2D eigenvalue weighted by Crippen LogP contribution is -2.30. The highest BCUT2D eigenvalue weighted by molar-refractivity contribution is 5.72. The molecule has 1 heterocycles. The lowest BCUT2D eigenvalue weighted by Gasteiger charge is -2.12. The molecule has 1 aromatic heterocycles. The van der Waals surface area contributed by atoms with Crippen LogP contribution in [0, 0.1) is 0 Å². The van der Waals surface area contributed by atoms with E-state index in [4.69, 9.17) is 4.42 Å². The van der Waals surface area contributed by atoms with E-state index in [-0.39, 0.29) is 0 Å². The third kappa shape index (κ3) is 2.42. The molecule has 16 heavy (non-hydrogen) atoms. The van der Waals surface area contributed by atoms with E-state index in [0.717, 1.165) is 36.4 Å². The molecule has 2 rings (SSSR count). The monoisotopic (exact) mass is 218 g/mol. The first-order valence-electron chi connectivity index (χ1n) is 5.91. The molecule has 0 aliphatic carbocycles. The van der Waals surface area contributed by atoms with Crippen molar-refractivity contribution in [2.24, 2.45) is 0 Å². The van der Waals surface area contributed by atoms with Gasteiger partial charge in [-0.05, 0) is 25.1 Å². The zero-order valence-corrected chi connectivity index (χ0v) is 9.86. The smallest absolute Gasteiger partial charge is 0.197 e. The van der Waals surface area contributed by atoms with Crippen LogP contribution in [0.1, 0.15) is 26.2 Å². The Morgan fingerprint density at radius 2 is 2.12 bits per heavy atom. The molecule has 2 aromatic rings. The zero-order chi connectivity index (χ0) is 11.4. The Hall–Kier alpha value is -1.35. The quantitative estimate of drug-likeness (QED) is 0.838. The molecule has 0 saturated carbocycles. The molecule has 0 saturated heterocycles. The van der Waals surface area contributed by atoms with Gasteiger partial charge in [-0.1, -0.05) is 26.0 Å². The predicted octanol–water partition coefficient (Wildman–Crippen LogP) is 2.76. The van der Waals surface area contributed by atoms with Gasteiger partial charge in [-0.15, -0.1) is 0 Å². The Morgan fingerprint density at radius 3 is 2.81 bits per heavy atom. The van der Waals surface area contributed by atoms with E-state index in [0.29, 0.717) is 6.04 Å². The average molecular weight is 218 g/mol. The lowest BCUT2D eigenvalue weighted by atomic mass is 10.1. The lowest BCUT2D eigenvalue weighted by molar-refractivity contribution is 0.442. The summed E-state index contributed by atoms with van der Waals surface area (Å²) in [5, 5.41) is 3.43. The molecule has 0 bridgehead atoms. The van der Waals surface area contributed by atoms with E-state index < -0.39 is 0 Å². The van der Waals surface area contributed by atoms with Gasteiger partial charge in [0.1, 0.15) is 5.52 Å². The van der Waals surface area contributed by atoms with Crippen LogP contribution in [0.15, 0.2) is 28.7 Å². The Balaban J connectivity index is 2.14. The maximum atomic E-state index is 5.70. The number of oxazole rings is 1. The molecule has 0 radical (unpaired) electrons. The summed E-state index contributed by atoms with van der Waals surface area (Å²) < 4.78 is 5.70. The van der Waals surface area contributed by atoms with Crippen LogP contribution in [-0.4, -0.2) is 17.6 Å². The van der Waals surface area contributed by atoms with Gasteiger partial charge >= 0.3 is 0 Å². The van der Waals surface area contributed by atoms with E-state index >= 15 is 0 Å². The first-order chi connectivity index (χ1) is 7.83. The molecule has 1 atom stereocenters. The summed E-state index contributed by atoms with van der Waals surface area (Å²) in [6, 6.07) is 8.35. The Kier molecular flexibility index (Phi) is 3.57. The molecular weight excluding hydrogens is 200 g/mol. The number of hydrogen-bond acceptors (Lipinski definition) is 3. The normalized spacial score (nSPS) is 13.1. The second-order valence-electron chi connectivity index (χ2n) is 3.94. The van der Waals surface area contributed by atoms with Crippen LogP contribution in [0.2, 0.25) is 0 Å². The molecule has 3 heteroatoms. The zero-order valence-electron chi connectivity index (χ0n) is 9.86. The van der Waals surface area contributed by atoms with Crippen LogP contribution >= 0.6 is 0 Å². The highest BCUT2D eigenvalue weighted by Crippen LogP contribution is 2.16. The van der Waals surface area contributed by atoms with E-state index in [1.165, 1.54) is 0 Å². The summed E-state index contributed by atoms with van der Waals surface area (Å²) in [5.74, 6) is 0.828. The van der Waals surface area contributed by atoms with Crippen molar-refractivity contribution in [3.8, 4) is 0 Å². The van der Waals surface area contributed by atoms with Crippen molar-refractivity contribution in [2.75, 3.05) is 6.54 Å². The van der Waals surface area contributed by atoms with Crippen LogP contribution < -0.4 is 5.32 Å². The third-order valence-corrected chi connectivity index (χ3v) is 2.74. The minimum absolute atomic E-state index is 0.457. The largest absolute Gasteiger partial charge is 0.441 e. The number of nitrogens with one attached hydrogen (secondary N) is 1. The minimum Gasteiger partial charge on any atom is -0.441 e. The molecule has 0 aliphatic heterocycles. The van der Waals surface area contributed by atoms with Gasteiger partial charge < -0.3 is 9.73 Å². The SMILES string of the molecule is CCNC(CC)Cc1nc2ccccc2o1. The van der Waals surface area contributed by atoms with Crippen LogP contribution in [0.3, 0.4) is 0 Å². The van der Waals surface area contributed by atoms with E-state index in [1.54, 1.807) is 0 Å². The molecule has 1 unspecified atom stereocenters. The van der Waals surface area contributed by atoms with E-state index in [1.807, 2.05) is 24.3 Å². The van der Waals surface area contributed by atoms with Gasteiger partial charge in [0.25, 0.3) is 0 Å². The van der Waals surface area contributed by atoms with Gasteiger partial charge in [0.2, 0.25) is 0 Å². The number of aromatic nitrogens is 1. The molecule has 0 spiro atoms. The molecule has 0 aliphatic rings. The van der Waals surface area contributed by atoms with Gasteiger partial charge in [0.15, 0.2) is 11.5 Å². The molecule has 86 valence electrons. The fourth-order valence-corrected chi connectivity index (χ4v) is 1.87. The third-order valence-electron chi connectivity index (χ3n) is 2.74. The molecule has 1 aromatic carbocycles. The second kappa shape index (κ2) is 5.12. The van der Waals surface area contributed by atoms with Crippen LogP contribution in [-0.2, 0) is 6.42 Å². The Bertz CT molecular complexity index is 417. The summed E-state index contributed by atoms with van der Waals surface area (Å²) in [7, 11) is 0. The van der Waals surface area contributed by atoms with Crippen molar-refractivity contribution in [2.45, 2.75) is 32.7 Å². The Labute approximate surface area is 95.9 Å². The standard InChI is InChI=1S/C13H18N2O/c1-3-10(14-4-2)9-13-15-11-7-5-6-8-12(11)16-13/h5-8,10,14H,3-4,9H2,1-2H3. The van der Waals surface area contributed by atoms with Crippen LogP contribution in [0.25, 0.3) is 11.1 Å². The number of fused-ring (bicyclic) bond motifs is 1.